The van der Waals surface area contributed by atoms with E-state index in [-0.39, 0.29) is 11.7 Å². The first kappa shape index (κ1) is 14.7. The number of piperidine rings is 1. The van der Waals surface area contributed by atoms with Gasteiger partial charge in [-0.3, -0.25) is 0 Å². The Morgan fingerprint density at radius 1 is 1.33 bits per heavy atom. The van der Waals surface area contributed by atoms with Gasteiger partial charge in [-0.05, 0) is 45.1 Å². The number of nitrogens with zero attached hydrogens (tertiary/aromatic N) is 1. The maximum Gasteiger partial charge on any atom is 0.410 e. The number of hydrogen-bond donors (Lipinski definition) is 0. The van der Waals surface area contributed by atoms with Crippen molar-refractivity contribution in [1.29, 1.82) is 0 Å². The lowest BCUT2D eigenvalue weighted by atomic mass is 9.85. The molecule has 1 aromatic heterocycles. The van der Waals surface area contributed by atoms with Crippen molar-refractivity contribution in [3.8, 4) is 5.75 Å². The van der Waals surface area contributed by atoms with Crippen LogP contribution in [0.25, 0.3) is 0 Å². The van der Waals surface area contributed by atoms with Crippen LogP contribution in [0, 0.1) is 0 Å². The Morgan fingerprint density at radius 3 is 2.71 bits per heavy atom. The molecule has 5 heteroatoms. The van der Waals surface area contributed by atoms with E-state index in [9.17, 15) is 4.79 Å². The molecule has 0 saturated carbocycles. The van der Waals surface area contributed by atoms with Crippen LogP contribution in [0.4, 0.5) is 4.79 Å². The van der Waals surface area contributed by atoms with Crippen molar-refractivity contribution >= 4 is 17.4 Å². The first-order valence-corrected chi connectivity index (χ1v) is 8.48. The number of rotatable bonds is 0. The molecule has 0 radical (unpaired) electrons. The monoisotopic (exact) mass is 309 g/mol. The van der Waals surface area contributed by atoms with Crippen LogP contribution in [-0.2, 0) is 11.2 Å². The molecular weight excluding hydrogens is 286 g/mol. The van der Waals surface area contributed by atoms with Gasteiger partial charge < -0.3 is 14.4 Å². The summed E-state index contributed by atoms with van der Waals surface area (Å²) >= 11 is 1.77. The first-order chi connectivity index (χ1) is 9.87. The maximum atomic E-state index is 12.1. The van der Waals surface area contributed by atoms with E-state index in [0.717, 1.165) is 31.4 Å². The molecule has 2 aliphatic heterocycles. The van der Waals surface area contributed by atoms with Gasteiger partial charge >= 0.3 is 6.09 Å². The molecule has 0 bridgehead atoms. The van der Waals surface area contributed by atoms with Crippen molar-refractivity contribution < 1.29 is 14.3 Å². The van der Waals surface area contributed by atoms with Gasteiger partial charge in [-0.25, -0.2) is 4.79 Å². The molecule has 1 amide bonds. The van der Waals surface area contributed by atoms with Gasteiger partial charge in [-0.1, -0.05) is 0 Å². The van der Waals surface area contributed by atoms with Crippen molar-refractivity contribution in [2.24, 2.45) is 0 Å². The Bertz CT molecular complexity index is 524. The molecular formula is C16H23NO3S. The van der Waals surface area contributed by atoms with E-state index in [1.807, 2.05) is 25.7 Å². The number of carbonyl (C=O) groups excluding carboxylic acids is 1. The van der Waals surface area contributed by atoms with Gasteiger partial charge in [0.05, 0.1) is 0 Å². The van der Waals surface area contributed by atoms with Crippen molar-refractivity contribution in [3.05, 3.63) is 16.3 Å². The van der Waals surface area contributed by atoms with Gasteiger partial charge in [0.1, 0.15) is 17.0 Å². The van der Waals surface area contributed by atoms with Crippen molar-refractivity contribution in [1.82, 2.24) is 4.90 Å². The number of thiophene rings is 1. The van der Waals surface area contributed by atoms with Gasteiger partial charge in [0, 0.05) is 30.8 Å². The molecule has 1 saturated heterocycles. The van der Waals surface area contributed by atoms with E-state index in [1.54, 1.807) is 11.3 Å². The quantitative estimate of drug-likeness (QED) is 0.731. The van der Waals surface area contributed by atoms with E-state index >= 15 is 0 Å². The fraction of sp³-hybridized carbons (Fsp3) is 0.688. The topological polar surface area (TPSA) is 38.8 Å². The third-order valence-corrected chi connectivity index (χ3v) is 5.13. The Morgan fingerprint density at radius 2 is 2.05 bits per heavy atom. The van der Waals surface area contributed by atoms with Crippen LogP contribution in [0.15, 0.2) is 11.4 Å². The maximum absolute atomic E-state index is 12.1. The van der Waals surface area contributed by atoms with Crippen LogP contribution in [0.2, 0.25) is 0 Å². The zero-order valence-electron chi connectivity index (χ0n) is 13.0. The molecule has 116 valence electrons. The van der Waals surface area contributed by atoms with E-state index in [4.69, 9.17) is 9.47 Å². The predicted molar refractivity (Wildman–Crippen MR) is 83.0 cm³/mol. The van der Waals surface area contributed by atoms with Gasteiger partial charge in [-0.15, -0.1) is 11.3 Å². The Labute approximate surface area is 130 Å². The van der Waals surface area contributed by atoms with E-state index < -0.39 is 5.60 Å². The normalized spacial score (nSPS) is 20.8. The fourth-order valence-electron chi connectivity index (χ4n) is 3.00. The van der Waals surface area contributed by atoms with Gasteiger partial charge in [0.25, 0.3) is 0 Å². The summed E-state index contributed by atoms with van der Waals surface area (Å²) in [6, 6.07) is 2.07. The van der Waals surface area contributed by atoms with Gasteiger partial charge in [-0.2, -0.15) is 0 Å². The molecule has 0 unspecified atom stereocenters. The molecule has 2 aliphatic rings. The summed E-state index contributed by atoms with van der Waals surface area (Å²) in [5, 5.41) is 2.10. The zero-order chi connectivity index (χ0) is 15.1. The summed E-state index contributed by atoms with van der Waals surface area (Å²) < 4.78 is 11.7. The lowest BCUT2D eigenvalue weighted by Crippen LogP contribution is -2.51. The Hall–Kier alpha value is -1.23. The second-order valence-electron chi connectivity index (χ2n) is 6.96. The molecule has 1 fully saturated rings. The minimum atomic E-state index is -0.431. The number of likely N-dealkylation sites (tertiary alicyclic amines) is 1. The highest BCUT2D eigenvalue weighted by molar-refractivity contribution is 7.10. The largest absolute Gasteiger partial charge is 0.486 e. The molecule has 0 atom stereocenters. The summed E-state index contributed by atoms with van der Waals surface area (Å²) in [7, 11) is 0. The molecule has 0 N–H and O–H groups in total. The summed E-state index contributed by atoms with van der Waals surface area (Å²) in [6.45, 7) is 7.14. The average molecular weight is 309 g/mol. The average Bonchev–Trinajstić information content (AvgIpc) is 2.84. The van der Waals surface area contributed by atoms with Crippen molar-refractivity contribution in [2.45, 2.75) is 57.7 Å². The molecule has 21 heavy (non-hydrogen) atoms. The van der Waals surface area contributed by atoms with Crippen LogP contribution in [-0.4, -0.2) is 35.3 Å². The molecule has 4 nitrogen and oxygen atoms in total. The minimum absolute atomic E-state index is 0.0768. The molecule has 3 heterocycles. The Kier molecular flexibility index (Phi) is 3.64. The smallest absolute Gasteiger partial charge is 0.410 e. The van der Waals surface area contributed by atoms with Gasteiger partial charge in [0.15, 0.2) is 0 Å². The second kappa shape index (κ2) is 5.20. The Balaban J connectivity index is 1.60. The number of aryl methyl sites for hydroxylation is 1. The van der Waals surface area contributed by atoms with E-state index in [1.165, 1.54) is 4.88 Å². The molecule has 1 aromatic rings. The standard InChI is InChI=1S/C16H23NO3S/c1-15(2,3)20-14(18)17-9-7-16(8-10-17)6-4-13-12(19-16)5-11-21-13/h5,11H,4,6-10H2,1-3H3. The highest BCUT2D eigenvalue weighted by Crippen LogP contribution is 2.41. The highest BCUT2D eigenvalue weighted by atomic mass is 32.1. The van der Waals surface area contributed by atoms with E-state index in [0.29, 0.717) is 13.1 Å². The number of fused-ring (bicyclic) bond motifs is 1. The summed E-state index contributed by atoms with van der Waals surface area (Å²) in [6.07, 6.45) is 3.73. The number of hydrogen-bond acceptors (Lipinski definition) is 4. The summed E-state index contributed by atoms with van der Waals surface area (Å²) in [4.78, 5) is 15.3. The van der Waals surface area contributed by atoms with Crippen LogP contribution < -0.4 is 4.74 Å². The molecule has 0 aromatic carbocycles. The lowest BCUT2D eigenvalue weighted by Gasteiger charge is -2.44. The zero-order valence-corrected chi connectivity index (χ0v) is 13.8. The molecule has 1 spiro atoms. The minimum Gasteiger partial charge on any atom is -0.486 e. The number of ether oxygens (including phenoxy) is 2. The second-order valence-corrected chi connectivity index (χ2v) is 7.96. The summed E-state index contributed by atoms with van der Waals surface area (Å²) in [5.74, 6) is 1.05. The van der Waals surface area contributed by atoms with Gasteiger partial charge in [0.2, 0.25) is 0 Å². The summed E-state index contributed by atoms with van der Waals surface area (Å²) in [5.41, 5.74) is -0.508. The fourth-order valence-corrected chi connectivity index (χ4v) is 3.80. The third kappa shape index (κ3) is 3.18. The molecule has 3 rings (SSSR count). The SMILES string of the molecule is CC(C)(C)OC(=O)N1CCC2(CCc3sccc3O2)CC1. The predicted octanol–water partition coefficient (Wildman–Crippen LogP) is 3.84. The van der Waals surface area contributed by atoms with Crippen LogP contribution >= 0.6 is 11.3 Å². The number of carbonyl (C=O) groups is 1. The van der Waals surface area contributed by atoms with Crippen molar-refractivity contribution in [2.75, 3.05) is 13.1 Å². The van der Waals surface area contributed by atoms with Crippen LogP contribution in [0.1, 0.15) is 44.9 Å². The molecule has 0 aliphatic carbocycles. The van der Waals surface area contributed by atoms with Crippen LogP contribution in [0.3, 0.4) is 0 Å². The lowest BCUT2D eigenvalue weighted by molar-refractivity contribution is -0.0266. The van der Waals surface area contributed by atoms with E-state index in [2.05, 4.69) is 11.4 Å². The highest BCUT2D eigenvalue weighted by Gasteiger charge is 2.41. The number of amides is 1. The van der Waals surface area contributed by atoms with Crippen molar-refractivity contribution in [3.63, 3.8) is 0 Å². The van der Waals surface area contributed by atoms with Crippen LogP contribution in [0.5, 0.6) is 5.75 Å². The third-order valence-electron chi connectivity index (χ3n) is 4.17. The first-order valence-electron chi connectivity index (χ1n) is 7.60.